The van der Waals surface area contributed by atoms with Crippen molar-refractivity contribution in [1.29, 1.82) is 0 Å². The van der Waals surface area contributed by atoms with Crippen LogP contribution in [0.2, 0.25) is 0 Å². The number of benzene rings is 1. The predicted octanol–water partition coefficient (Wildman–Crippen LogP) is 5.72. The van der Waals surface area contributed by atoms with Crippen LogP contribution >= 0.6 is 0 Å². The summed E-state index contributed by atoms with van der Waals surface area (Å²) in [6.07, 6.45) is 6.94. The van der Waals surface area contributed by atoms with Gasteiger partial charge in [0, 0.05) is 43.7 Å². The molecule has 2 aromatic heterocycles. The number of hydrogen-bond donors (Lipinski definition) is 2. The molecule has 0 unspecified atom stereocenters. The van der Waals surface area contributed by atoms with Crippen molar-refractivity contribution in [2.24, 2.45) is 0 Å². The molecule has 0 aliphatic heterocycles. The van der Waals surface area contributed by atoms with E-state index in [1.54, 1.807) is 6.33 Å². The molecule has 0 bridgehead atoms. The van der Waals surface area contributed by atoms with Gasteiger partial charge in [0.1, 0.15) is 18.0 Å². The van der Waals surface area contributed by atoms with Crippen LogP contribution in [-0.4, -0.2) is 35.6 Å². The van der Waals surface area contributed by atoms with Crippen LogP contribution in [0.3, 0.4) is 0 Å². The zero-order valence-corrected chi connectivity index (χ0v) is 20.9. The lowest BCUT2D eigenvalue weighted by molar-refractivity contribution is 0.660. The first-order chi connectivity index (χ1) is 16.4. The fourth-order valence-electron chi connectivity index (χ4n) is 3.72. The molecule has 180 valence electrons. The van der Waals surface area contributed by atoms with Crippen molar-refractivity contribution in [1.82, 2.24) is 15.0 Å². The summed E-state index contributed by atoms with van der Waals surface area (Å²) in [5.41, 5.74) is 11.1. The zero-order chi connectivity index (χ0) is 24.5. The summed E-state index contributed by atoms with van der Waals surface area (Å²) < 4.78 is 0. The van der Waals surface area contributed by atoms with Gasteiger partial charge < -0.3 is 20.9 Å². The lowest BCUT2D eigenvalue weighted by Crippen LogP contribution is -2.29. The van der Waals surface area contributed by atoms with Gasteiger partial charge in [-0.3, -0.25) is 0 Å². The molecule has 3 N–H and O–H groups in total. The van der Waals surface area contributed by atoms with Crippen molar-refractivity contribution in [2.75, 3.05) is 41.5 Å². The van der Waals surface area contributed by atoms with E-state index in [9.17, 15) is 0 Å². The molecule has 7 nitrogen and oxygen atoms in total. The monoisotopic (exact) mass is 459 g/mol. The Morgan fingerprint density at radius 3 is 2.59 bits per heavy atom. The molecule has 7 heteroatoms. The summed E-state index contributed by atoms with van der Waals surface area (Å²) in [5, 5.41) is 3.34. The van der Waals surface area contributed by atoms with E-state index in [-0.39, 0.29) is 0 Å². The fourth-order valence-corrected chi connectivity index (χ4v) is 3.72. The average Bonchev–Trinajstić information content (AvgIpc) is 2.85. The number of nitrogens with two attached hydrogens (primary N) is 1. The summed E-state index contributed by atoms with van der Waals surface area (Å²) >= 11 is 0. The molecule has 0 spiro atoms. The maximum Gasteiger partial charge on any atom is 0.158 e. The van der Waals surface area contributed by atoms with Gasteiger partial charge in [0.05, 0.1) is 11.4 Å². The van der Waals surface area contributed by atoms with Crippen LogP contribution in [0.25, 0.3) is 11.3 Å². The second-order valence-electron chi connectivity index (χ2n) is 8.59. The number of unbranched alkanes of at least 4 members (excludes halogenated alkanes) is 3. The van der Waals surface area contributed by atoms with E-state index in [0.717, 1.165) is 48.4 Å². The minimum atomic E-state index is 0.614. The van der Waals surface area contributed by atoms with Gasteiger partial charge >= 0.3 is 0 Å². The van der Waals surface area contributed by atoms with Crippen molar-refractivity contribution in [3.05, 3.63) is 66.9 Å². The molecule has 1 aromatic carbocycles. The average molecular weight is 460 g/mol. The molecule has 3 rings (SSSR count). The number of nitrogen functional groups attached to an aromatic ring is 1. The summed E-state index contributed by atoms with van der Waals surface area (Å²) in [6.45, 7) is 9.36. The van der Waals surface area contributed by atoms with Crippen molar-refractivity contribution >= 4 is 23.0 Å². The molecule has 0 radical (unpaired) electrons. The SMILES string of the molecule is C=C(Nc1cc(CC)ncn1)N(CCCCCC)c1nc(-c2cccc(N(C)C)c2)ccc1N. The summed E-state index contributed by atoms with van der Waals surface area (Å²) in [5.74, 6) is 2.10. The highest BCUT2D eigenvalue weighted by Crippen LogP contribution is 2.30. The maximum atomic E-state index is 6.45. The molecule has 0 amide bonds. The Morgan fingerprint density at radius 2 is 1.85 bits per heavy atom. The Hall–Kier alpha value is -3.61. The fraction of sp³-hybridized carbons (Fsp3) is 0.370. The summed E-state index contributed by atoms with van der Waals surface area (Å²) in [6, 6.07) is 14.2. The van der Waals surface area contributed by atoms with Gasteiger partial charge in [-0.25, -0.2) is 15.0 Å². The summed E-state index contributed by atoms with van der Waals surface area (Å²) in [7, 11) is 4.07. The topological polar surface area (TPSA) is 83.2 Å². The Balaban J connectivity index is 1.93. The third-order valence-electron chi connectivity index (χ3n) is 5.74. The van der Waals surface area contributed by atoms with Crippen LogP contribution in [0.4, 0.5) is 23.0 Å². The second kappa shape index (κ2) is 12.0. The van der Waals surface area contributed by atoms with Gasteiger partial charge in [0.25, 0.3) is 0 Å². The number of hydrogen-bond acceptors (Lipinski definition) is 7. The molecular formula is C27H37N7. The van der Waals surface area contributed by atoms with Gasteiger partial charge in [0.2, 0.25) is 0 Å². The molecule has 2 heterocycles. The molecule has 0 fully saturated rings. The van der Waals surface area contributed by atoms with Gasteiger partial charge in [-0.2, -0.15) is 0 Å². The Kier molecular flexibility index (Phi) is 8.85. The van der Waals surface area contributed by atoms with Crippen LogP contribution in [0, 0.1) is 0 Å². The first-order valence-electron chi connectivity index (χ1n) is 12.0. The number of anilines is 4. The third-order valence-corrected chi connectivity index (χ3v) is 5.74. The minimum Gasteiger partial charge on any atom is -0.396 e. The molecule has 0 saturated heterocycles. The highest BCUT2D eigenvalue weighted by Gasteiger charge is 2.17. The highest BCUT2D eigenvalue weighted by molar-refractivity contribution is 5.73. The second-order valence-corrected chi connectivity index (χ2v) is 8.59. The first kappa shape index (κ1) is 25.0. The largest absolute Gasteiger partial charge is 0.396 e. The van der Waals surface area contributed by atoms with Crippen LogP contribution in [-0.2, 0) is 6.42 Å². The lowest BCUT2D eigenvalue weighted by Gasteiger charge is -2.28. The van der Waals surface area contributed by atoms with Crippen molar-refractivity contribution in [3.8, 4) is 11.3 Å². The number of rotatable bonds is 12. The highest BCUT2D eigenvalue weighted by atomic mass is 15.3. The molecule has 3 aromatic rings. The molecule has 0 saturated carbocycles. The molecular weight excluding hydrogens is 422 g/mol. The van der Waals surface area contributed by atoms with E-state index in [0.29, 0.717) is 23.1 Å². The zero-order valence-electron chi connectivity index (χ0n) is 20.9. The third kappa shape index (κ3) is 6.47. The van der Waals surface area contributed by atoms with Crippen LogP contribution < -0.4 is 20.9 Å². The predicted molar refractivity (Wildman–Crippen MR) is 144 cm³/mol. The van der Waals surface area contributed by atoms with Crippen LogP contribution in [0.5, 0.6) is 0 Å². The maximum absolute atomic E-state index is 6.45. The van der Waals surface area contributed by atoms with E-state index in [4.69, 9.17) is 10.7 Å². The first-order valence-corrected chi connectivity index (χ1v) is 12.0. The van der Waals surface area contributed by atoms with Gasteiger partial charge in [0.15, 0.2) is 5.82 Å². The Morgan fingerprint density at radius 1 is 1.03 bits per heavy atom. The molecule has 34 heavy (non-hydrogen) atoms. The number of nitrogens with zero attached hydrogens (tertiary/aromatic N) is 5. The van der Waals surface area contributed by atoms with E-state index in [1.165, 1.54) is 12.8 Å². The van der Waals surface area contributed by atoms with Crippen LogP contribution in [0.15, 0.2) is 61.2 Å². The normalized spacial score (nSPS) is 10.7. The molecule has 0 aliphatic rings. The standard InChI is InChI=1S/C27H37N7/c1-6-8-9-10-16-34(20(3)31-26-18-22(7-2)29-19-30-26)27-24(28)14-15-25(32-27)21-12-11-13-23(17-21)33(4)5/h11-15,17-19H,3,6-10,16,28H2,1-2,4-5H3,(H,29,30,31). The Labute approximate surface area is 203 Å². The van der Waals surface area contributed by atoms with Crippen LogP contribution in [0.1, 0.15) is 45.2 Å². The number of aryl methyl sites for hydroxylation is 1. The smallest absolute Gasteiger partial charge is 0.158 e. The van der Waals surface area contributed by atoms with Gasteiger partial charge in [-0.1, -0.05) is 51.8 Å². The van der Waals surface area contributed by atoms with E-state index < -0.39 is 0 Å². The van der Waals surface area contributed by atoms with Crippen molar-refractivity contribution in [3.63, 3.8) is 0 Å². The summed E-state index contributed by atoms with van der Waals surface area (Å²) in [4.78, 5) is 17.8. The molecule has 0 aliphatic carbocycles. The van der Waals surface area contributed by atoms with Gasteiger partial charge in [-0.15, -0.1) is 0 Å². The van der Waals surface area contributed by atoms with E-state index >= 15 is 0 Å². The van der Waals surface area contributed by atoms with E-state index in [2.05, 4.69) is 63.7 Å². The molecule has 0 atom stereocenters. The van der Waals surface area contributed by atoms with Crippen molar-refractivity contribution in [2.45, 2.75) is 46.0 Å². The van der Waals surface area contributed by atoms with Crippen molar-refractivity contribution < 1.29 is 0 Å². The number of aromatic nitrogens is 3. The minimum absolute atomic E-state index is 0.614. The quantitative estimate of drug-likeness (QED) is 0.335. The number of pyridine rings is 1. The Bertz CT molecular complexity index is 1090. The van der Waals surface area contributed by atoms with E-state index in [1.807, 2.05) is 38.4 Å². The lowest BCUT2D eigenvalue weighted by atomic mass is 10.1. The van der Waals surface area contributed by atoms with Gasteiger partial charge in [-0.05, 0) is 37.1 Å². The number of nitrogens with one attached hydrogen (secondary N) is 1.